The number of nitrogens with one attached hydrogen (secondary N) is 3. The van der Waals surface area contributed by atoms with Gasteiger partial charge in [0.05, 0.1) is 43.7 Å². The van der Waals surface area contributed by atoms with Gasteiger partial charge in [0.2, 0.25) is 5.95 Å². The molecular formula is C59H75BBrCl4F19N18O13PS7. The van der Waals surface area contributed by atoms with Gasteiger partial charge < -0.3 is 65.1 Å². The van der Waals surface area contributed by atoms with Crippen molar-refractivity contribution in [2.45, 2.75) is 118 Å². The van der Waals surface area contributed by atoms with E-state index < -0.39 is 122 Å². The Hall–Kier alpha value is -4.70. The molecule has 9 rings (SSSR count). The second-order valence-corrected chi connectivity index (χ2v) is 35.4. The Morgan fingerprint density at radius 2 is 1.15 bits per heavy atom. The van der Waals surface area contributed by atoms with Gasteiger partial charge in [0.1, 0.15) is 16.8 Å². The van der Waals surface area contributed by atoms with Crippen LogP contribution in [0.3, 0.4) is 0 Å². The maximum absolute atomic E-state index is 14.2. The van der Waals surface area contributed by atoms with E-state index in [2.05, 4.69) is 140 Å². The molecule has 0 unspecified atom stereocenters. The molecule has 64 heteroatoms. The molecule has 1 radical (unpaired) electrons. The number of H-pyrrole nitrogens is 1. The molecule has 2 aliphatic rings. The Morgan fingerprint density at radius 1 is 0.707 bits per heavy atom. The summed E-state index contributed by atoms with van der Waals surface area (Å²) in [5, 5.41) is 2.08. The summed E-state index contributed by atoms with van der Waals surface area (Å²) in [4.78, 5) is 49.8. The van der Waals surface area contributed by atoms with Crippen LogP contribution in [-0.4, -0.2) is 230 Å². The minimum absolute atomic E-state index is 0.0137. The molecular weight excluding hydrogens is 2020 g/mol. The zero-order chi connectivity index (χ0) is 95.9. The molecule has 0 bridgehead atoms. The van der Waals surface area contributed by atoms with Crippen LogP contribution in [0.25, 0.3) is 5.65 Å². The van der Waals surface area contributed by atoms with E-state index in [1.54, 1.807) is 37.9 Å². The number of piperidine rings is 1. The third-order valence-corrected chi connectivity index (χ3v) is 18.7. The number of thioether (sulfide) groups is 4. The number of pyridine rings is 1. The molecule has 7 aromatic heterocycles. The SMILES string of the molecule is COC(CN)OC.COC(CNc1cc(C(F)(F)F)nc(SC)n1)OC.COC(CNc1nc(SC)nc(C(F)(F)F)c1Br)OC.CSc1nc(C(F)(F)F)cc(=O)[nH]1.CSc1nc(Cl)cc(C(F)(F)F)n1.C[C@@H]1OCC2(CCN(c3nc(C(F)(F)F)c(Sc4cccnc4C(F)(F)F)c4nccn34)CC2)[C@@H]1N.O=P(Cl)(Cl)Cl.O=S(=O)(O)O.[2H]CF.[B]=NS. The van der Waals surface area contributed by atoms with Gasteiger partial charge in [-0.1, -0.05) is 70.4 Å². The predicted molar refractivity (Wildman–Crippen MR) is 432 cm³/mol. The van der Waals surface area contributed by atoms with Crippen LogP contribution < -0.4 is 32.6 Å². The topological polar surface area (TPSA) is 414 Å². The molecule has 2 fully saturated rings. The zero-order valence-electron chi connectivity index (χ0n) is 65.7. The second-order valence-electron chi connectivity index (χ2n) is 22.3. The number of ether oxygens (including phenoxy) is 7. The monoisotopic (exact) mass is 2090 g/mol. The van der Waals surface area contributed by atoms with Gasteiger partial charge in [-0.2, -0.15) is 87.4 Å². The van der Waals surface area contributed by atoms with E-state index in [0.717, 1.165) is 65.4 Å². The Bertz CT molecular complexity index is 4580. The van der Waals surface area contributed by atoms with Crippen molar-refractivity contribution in [3.05, 3.63) is 103 Å². The van der Waals surface area contributed by atoms with Gasteiger partial charge in [-0.25, -0.2) is 44.9 Å². The predicted octanol–water partition coefficient (Wildman–Crippen LogP) is 16.8. The molecule has 2 atom stereocenters. The van der Waals surface area contributed by atoms with Crippen LogP contribution in [0.15, 0.2) is 92.9 Å². The molecule has 9 N–H and O–H groups in total. The van der Waals surface area contributed by atoms with Crippen LogP contribution in [0, 0.1) is 5.41 Å². The number of hydrogen-bond donors (Lipinski definition) is 8. The first-order valence-corrected chi connectivity index (χ1v) is 45.3. The van der Waals surface area contributed by atoms with E-state index in [0.29, 0.717) is 63.0 Å². The Kier molecular flexibility index (Phi) is 52.3. The van der Waals surface area contributed by atoms with Gasteiger partial charge >= 0.3 is 77.4 Å². The third-order valence-electron chi connectivity index (χ3n) is 14.4. The van der Waals surface area contributed by atoms with Crippen LogP contribution >= 0.6 is 138 Å². The average molecular weight is 2090 g/mol. The average Bonchev–Trinajstić information content (AvgIpc) is 1.54. The fourth-order valence-electron chi connectivity index (χ4n) is 8.94. The van der Waals surface area contributed by atoms with Gasteiger partial charge in [0.15, 0.2) is 79.3 Å². The van der Waals surface area contributed by atoms with Gasteiger partial charge in [-0.15, -0.1) is 0 Å². The van der Waals surface area contributed by atoms with E-state index in [4.69, 9.17) is 75.1 Å². The summed E-state index contributed by atoms with van der Waals surface area (Å²) in [7, 11) is 7.51. The van der Waals surface area contributed by atoms with Crippen molar-refractivity contribution in [3.8, 4) is 0 Å². The summed E-state index contributed by atoms with van der Waals surface area (Å²) in [6.45, 7) is 3.92. The molecule has 123 heavy (non-hydrogen) atoms. The van der Waals surface area contributed by atoms with Crippen molar-refractivity contribution in [3.63, 3.8) is 0 Å². The molecule has 0 amide bonds. The van der Waals surface area contributed by atoms with Crippen molar-refractivity contribution < 1.29 is 140 Å². The normalized spacial score (nSPS) is 14.7. The summed E-state index contributed by atoms with van der Waals surface area (Å²) in [6.07, 6.45) is -18.2. The molecule has 9 heterocycles. The summed E-state index contributed by atoms with van der Waals surface area (Å²) in [5.74, 6) is 0.137. The van der Waals surface area contributed by atoms with Gasteiger partial charge in [0.25, 0.3) is 5.56 Å². The molecule has 0 saturated carbocycles. The van der Waals surface area contributed by atoms with E-state index in [9.17, 15) is 92.8 Å². The molecule has 0 aliphatic carbocycles. The standard InChI is InChI=1S/C22H22F6N6OS.C10H13BrF3N3O2S.C10H14F3N3O2S.C6H4ClF3N2S.C6H5F3N2OS.C4H11NO2.CH3F.BHNS.Cl3OP.H2O4S/c1-12-15(29)20(11-35-12)4-8-33(9-5-20)19-32-17(22(26,27)28)14(18-31-7-10-34(18)19)36-13-3-2-6-30-16(13)21(23,24)25;1-18-5(19-2)4-15-8-6(11)7(10(12,13)14)16-9(17-8)20-3;1-17-8(18-2)5-14-7-4-6(10(11,12)13)15-9(16-7)19-3;1-13-5-11-3(6(8,9)10)2-4(7)12-5;1-13-5-10-3(6(7,8)9)2-4(12)11-5;1-6-4(3-5)7-2;1-2;1-2-3;2*1-5(2,3)4/h2-3,6-7,10,12,15H,4-5,8-9,11,29H2,1H3;5H,4H2,1-3H3,(H,15,16,17);4,8H,5H2,1-3H3,(H,14,15,16);2H,1H3;2H,1H3,(H,10,11,12);4H,3,5H2,1-2H3;1H3;3H;;(H2,1,2,3,4)/t12-,15+;;;;;;;;;/m0........./s1/i;;;;;;1D;;;. The molecule has 31 nitrogen and oxygen atoms in total. The van der Waals surface area contributed by atoms with Crippen molar-refractivity contribution >= 4 is 179 Å². The molecule has 0 aromatic carbocycles. The van der Waals surface area contributed by atoms with E-state index in [1.807, 2.05) is 6.92 Å². The number of nitrogens with zero attached hydrogens (tertiary/aromatic N) is 13. The Balaban J connectivity index is 0.00000149. The number of imidazole rings is 1. The first-order valence-electron chi connectivity index (χ1n) is 32.9. The number of rotatable bonds is 20. The van der Waals surface area contributed by atoms with Crippen LogP contribution in [0.1, 0.15) is 55.3 Å². The number of aromatic nitrogens is 12. The number of fused-ring (bicyclic) bond motifs is 1. The number of halogens is 24. The summed E-state index contributed by atoms with van der Waals surface area (Å²) in [6, 6.07) is 4.11. The number of alkyl halides is 19. The molecule has 7 aromatic rings. The van der Waals surface area contributed by atoms with Crippen LogP contribution in [0.4, 0.5) is 101 Å². The number of methoxy groups -OCH3 is 6. The van der Waals surface area contributed by atoms with Gasteiger partial charge in [-0.05, 0) is 107 Å². The first kappa shape index (κ1) is 116. The van der Waals surface area contributed by atoms with E-state index in [1.165, 1.54) is 57.6 Å². The molecule has 1 spiro atoms. The second kappa shape index (κ2) is 55.4. The fraction of sp³-hybridized carbons (Fsp3) is 0.542. The third kappa shape index (κ3) is 44.0. The van der Waals surface area contributed by atoms with Crippen LogP contribution in [-0.2, 0) is 85.2 Å². The number of thiol groups is 1. The molecule has 2 aliphatic heterocycles. The maximum atomic E-state index is 14.2. The van der Waals surface area contributed by atoms with Gasteiger partial charge in [0, 0.05) is 115 Å². The van der Waals surface area contributed by atoms with E-state index >= 15 is 0 Å². The van der Waals surface area contributed by atoms with Crippen molar-refractivity contribution in [1.82, 2.24) is 59.2 Å². The van der Waals surface area contributed by atoms with Crippen molar-refractivity contribution in [2.75, 3.05) is 130 Å². The molecule has 2 saturated heterocycles. The number of aromatic amines is 1. The van der Waals surface area contributed by atoms with E-state index in [-0.39, 0.29) is 90.4 Å². The van der Waals surface area contributed by atoms with Crippen LogP contribution in [0.2, 0.25) is 5.15 Å². The summed E-state index contributed by atoms with van der Waals surface area (Å²) >= 11 is 29.6. The fourth-order valence-corrected chi connectivity index (χ4v) is 12.4. The van der Waals surface area contributed by atoms with Crippen LogP contribution in [0.5, 0.6) is 0 Å². The molecule has 697 valence electrons. The van der Waals surface area contributed by atoms with Crippen molar-refractivity contribution in [1.29, 1.82) is 0 Å². The Morgan fingerprint density at radius 3 is 1.55 bits per heavy atom. The van der Waals surface area contributed by atoms with Crippen molar-refractivity contribution in [2.24, 2.45) is 21.2 Å². The van der Waals surface area contributed by atoms with Gasteiger partial charge in [-0.3, -0.25) is 32.2 Å². The number of anilines is 3. The number of nitrogens with two attached hydrogens (primary N) is 2. The summed E-state index contributed by atoms with van der Waals surface area (Å²) < 4.78 is 327. The number of hydrogen-bond acceptors (Lipinski definition) is 33. The quantitative estimate of drug-likeness (QED) is 0.00404. The Labute approximate surface area is 745 Å². The summed E-state index contributed by atoms with van der Waals surface area (Å²) in [5.41, 5.74) is 3.55. The minimum atomic E-state index is -4.93. The zero-order valence-corrected chi connectivity index (χ0v) is 76.0. The first-order chi connectivity index (χ1) is 57.2.